The van der Waals surface area contributed by atoms with Crippen molar-refractivity contribution in [3.8, 4) is 5.75 Å². The molecule has 0 saturated carbocycles. The zero-order valence-electron chi connectivity index (χ0n) is 15.8. The fourth-order valence-electron chi connectivity index (χ4n) is 3.15. The summed E-state index contributed by atoms with van der Waals surface area (Å²) in [5, 5.41) is 4.03. The highest BCUT2D eigenvalue weighted by atomic mass is 32.1. The van der Waals surface area contributed by atoms with Crippen LogP contribution in [-0.2, 0) is 11.3 Å². The zero-order chi connectivity index (χ0) is 18.9. The van der Waals surface area contributed by atoms with E-state index in [1.54, 1.807) is 18.3 Å². The number of ether oxygens (including phenoxy) is 2. The first-order valence-corrected chi connectivity index (χ1v) is 9.79. The lowest BCUT2D eigenvalue weighted by molar-refractivity contribution is -0.908. The normalized spacial score (nSPS) is 14.7. The van der Waals surface area contributed by atoms with E-state index in [1.165, 1.54) is 0 Å². The predicted molar refractivity (Wildman–Crippen MR) is 109 cm³/mol. The summed E-state index contributed by atoms with van der Waals surface area (Å²) in [5.74, 6) is 1.74. The number of morpholine rings is 1. The molecule has 7 heteroatoms. The summed E-state index contributed by atoms with van der Waals surface area (Å²) in [4.78, 5) is 3.77. The summed E-state index contributed by atoms with van der Waals surface area (Å²) in [6.07, 6.45) is 2.77. The van der Waals surface area contributed by atoms with Crippen LogP contribution in [0.3, 0.4) is 0 Å². The van der Waals surface area contributed by atoms with Gasteiger partial charge in [-0.3, -0.25) is 0 Å². The molecule has 3 rings (SSSR count). The number of rotatable bonds is 8. The number of quaternary nitrogens is 1. The maximum atomic E-state index is 5.68. The van der Waals surface area contributed by atoms with E-state index in [2.05, 4.69) is 10.2 Å². The topological polar surface area (TPSA) is 51.3 Å². The molecule has 1 aromatic heterocycles. The zero-order valence-corrected chi connectivity index (χ0v) is 16.6. The molecule has 6 nitrogen and oxygen atoms in total. The maximum Gasteiger partial charge on any atom is 0.173 e. The summed E-state index contributed by atoms with van der Waals surface area (Å²) >= 11 is 5.68. The number of furan rings is 1. The van der Waals surface area contributed by atoms with Gasteiger partial charge in [-0.05, 0) is 48.6 Å². The second-order valence-corrected chi connectivity index (χ2v) is 7.01. The molecule has 2 aromatic rings. The Balaban J connectivity index is 1.56. The Kier molecular flexibility index (Phi) is 7.50. The lowest BCUT2D eigenvalue weighted by Crippen LogP contribution is -3.14. The first kappa shape index (κ1) is 19.7. The number of hydrogen-bond acceptors (Lipinski definition) is 4. The van der Waals surface area contributed by atoms with Crippen LogP contribution in [0.4, 0.5) is 5.69 Å². The van der Waals surface area contributed by atoms with Gasteiger partial charge >= 0.3 is 0 Å². The van der Waals surface area contributed by atoms with Crippen LogP contribution >= 0.6 is 12.2 Å². The molecule has 0 amide bonds. The SMILES string of the molecule is COc1ccc(NC(=S)N(CCC[NH+]2CCOCC2)Cc2ccco2)cc1. The molecule has 1 aliphatic heterocycles. The number of anilines is 1. The minimum absolute atomic E-state index is 0.660. The minimum atomic E-state index is 0.660. The fourth-order valence-corrected chi connectivity index (χ4v) is 3.42. The number of hydrogen-bond donors (Lipinski definition) is 2. The van der Waals surface area contributed by atoms with Gasteiger partial charge in [0.2, 0.25) is 0 Å². The Morgan fingerprint density at radius 3 is 2.67 bits per heavy atom. The van der Waals surface area contributed by atoms with E-state index in [0.29, 0.717) is 11.7 Å². The average molecular weight is 391 g/mol. The number of nitrogens with zero attached hydrogens (tertiary/aromatic N) is 1. The molecule has 2 heterocycles. The molecular formula is C20H28N3O3S+. The van der Waals surface area contributed by atoms with Crippen LogP contribution in [0.1, 0.15) is 12.2 Å². The highest BCUT2D eigenvalue weighted by Gasteiger charge is 2.16. The Bertz CT molecular complexity index is 685. The molecule has 1 aromatic carbocycles. The molecule has 0 spiro atoms. The molecule has 2 N–H and O–H groups in total. The first-order chi connectivity index (χ1) is 13.2. The number of thiocarbonyl (C=S) groups is 1. The molecule has 27 heavy (non-hydrogen) atoms. The average Bonchev–Trinajstić information content (AvgIpc) is 3.22. The van der Waals surface area contributed by atoms with Crippen LogP contribution in [-0.4, -0.2) is 56.5 Å². The van der Waals surface area contributed by atoms with Crippen molar-refractivity contribution in [3.63, 3.8) is 0 Å². The van der Waals surface area contributed by atoms with Crippen molar-refractivity contribution in [2.75, 3.05) is 51.8 Å². The quantitative estimate of drug-likeness (QED) is 0.671. The van der Waals surface area contributed by atoms with Crippen LogP contribution in [0, 0.1) is 0 Å². The number of benzene rings is 1. The van der Waals surface area contributed by atoms with Gasteiger partial charge in [-0.25, -0.2) is 0 Å². The van der Waals surface area contributed by atoms with Crippen molar-refractivity contribution in [2.45, 2.75) is 13.0 Å². The lowest BCUT2D eigenvalue weighted by Gasteiger charge is -2.27. The molecule has 1 saturated heterocycles. The van der Waals surface area contributed by atoms with E-state index in [4.69, 9.17) is 26.1 Å². The van der Waals surface area contributed by atoms with Crippen LogP contribution < -0.4 is 15.0 Å². The van der Waals surface area contributed by atoms with Crippen LogP contribution in [0.2, 0.25) is 0 Å². The van der Waals surface area contributed by atoms with Gasteiger partial charge in [0.15, 0.2) is 5.11 Å². The molecule has 0 bridgehead atoms. The molecule has 1 fully saturated rings. The largest absolute Gasteiger partial charge is 0.497 e. The predicted octanol–water partition coefficient (Wildman–Crippen LogP) is 1.79. The highest BCUT2D eigenvalue weighted by Crippen LogP contribution is 2.16. The van der Waals surface area contributed by atoms with Gasteiger partial charge in [0.05, 0.1) is 39.7 Å². The van der Waals surface area contributed by atoms with E-state index in [-0.39, 0.29) is 0 Å². The number of methoxy groups -OCH3 is 1. The molecule has 0 aliphatic carbocycles. The van der Waals surface area contributed by atoms with Gasteiger partial charge < -0.3 is 29.0 Å². The fraction of sp³-hybridized carbons (Fsp3) is 0.450. The van der Waals surface area contributed by atoms with E-state index in [0.717, 1.165) is 63.0 Å². The van der Waals surface area contributed by atoms with E-state index < -0.39 is 0 Å². The Morgan fingerprint density at radius 2 is 2.00 bits per heavy atom. The summed E-state index contributed by atoms with van der Waals surface area (Å²) < 4.78 is 16.2. The van der Waals surface area contributed by atoms with Gasteiger partial charge in [-0.2, -0.15) is 0 Å². The van der Waals surface area contributed by atoms with Crippen molar-refractivity contribution in [1.29, 1.82) is 0 Å². The van der Waals surface area contributed by atoms with Gasteiger partial charge in [-0.1, -0.05) is 0 Å². The van der Waals surface area contributed by atoms with Crippen molar-refractivity contribution in [1.82, 2.24) is 4.90 Å². The smallest absolute Gasteiger partial charge is 0.173 e. The monoisotopic (exact) mass is 390 g/mol. The molecule has 0 atom stereocenters. The molecule has 0 radical (unpaired) electrons. The van der Waals surface area contributed by atoms with E-state index >= 15 is 0 Å². The second-order valence-electron chi connectivity index (χ2n) is 6.63. The van der Waals surface area contributed by atoms with Crippen molar-refractivity contribution in [2.24, 2.45) is 0 Å². The summed E-state index contributed by atoms with van der Waals surface area (Å²) in [6, 6.07) is 11.7. The van der Waals surface area contributed by atoms with Gasteiger partial charge in [0.25, 0.3) is 0 Å². The third-order valence-corrected chi connectivity index (χ3v) is 5.07. The van der Waals surface area contributed by atoms with Crippen molar-refractivity contribution in [3.05, 3.63) is 48.4 Å². The summed E-state index contributed by atoms with van der Waals surface area (Å²) in [7, 11) is 1.66. The Labute approximate surface area is 166 Å². The minimum Gasteiger partial charge on any atom is -0.497 e. The first-order valence-electron chi connectivity index (χ1n) is 9.38. The standard InChI is InChI=1S/C20H27N3O3S/c1-24-18-7-5-17(6-8-18)21-20(27)23(16-19-4-2-13-26-19)10-3-9-22-11-14-25-15-12-22/h2,4-8,13H,3,9-12,14-16H2,1H3,(H,21,27)/p+1. The van der Waals surface area contributed by atoms with E-state index in [1.807, 2.05) is 36.4 Å². The second kappa shape index (κ2) is 10.3. The summed E-state index contributed by atoms with van der Waals surface area (Å²) in [6.45, 7) is 6.58. The molecule has 146 valence electrons. The molecule has 1 aliphatic rings. The highest BCUT2D eigenvalue weighted by molar-refractivity contribution is 7.80. The lowest BCUT2D eigenvalue weighted by atomic mass is 10.3. The van der Waals surface area contributed by atoms with Crippen LogP contribution in [0.15, 0.2) is 47.1 Å². The van der Waals surface area contributed by atoms with Crippen molar-refractivity contribution >= 4 is 23.0 Å². The van der Waals surface area contributed by atoms with E-state index in [9.17, 15) is 0 Å². The van der Waals surface area contributed by atoms with Crippen molar-refractivity contribution < 1.29 is 18.8 Å². The summed E-state index contributed by atoms with van der Waals surface area (Å²) in [5.41, 5.74) is 0.948. The molecule has 0 unspecified atom stereocenters. The van der Waals surface area contributed by atoms with Gasteiger partial charge in [-0.15, -0.1) is 0 Å². The van der Waals surface area contributed by atoms with Crippen LogP contribution in [0.5, 0.6) is 5.75 Å². The van der Waals surface area contributed by atoms with Gasteiger partial charge in [0, 0.05) is 18.7 Å². The third kappa shape index (κ3) is 6.23. The third-order valence-electron chi connectivity index (χ3n) is 4.71. The maximum absolute atomic E-state index is 5.68. The van der Waals surface area contributed by atoms with Gasteiger partial charge in [0.1, 0.15) is 24.6 Å². The molecular weight excluding hydrogens is 362 g/mol. The number of nitrogens with one attached hydrogen (secondary N) is 2. The Hall–Kier alpha value is -2.09. The Morgan fingerprint density at radius 1 is 1.22 bits per heavy atom. The van der Waals surface area contributed by atoms with Crippen LogP contribution in [0.25, 0.3) is 0 Å².